The van der Waals surface area contributed by atoms with Crippen molar-refractivity contribution in [3.8, 4) is 0 Å². The van der Waals surface area contributed by atoms with Crippen LogP contribution in [0, 0.1) is 0 Å². The van der Waals surface area contributed by atoms with Crippen molar-refractivity contribution in [2.24, 2.45) is 5.73 Å². The first-order valence-electron chi connectivity index (χ1n) is 5.51. The Morgan fingerprint density at radius 2 is 2.06 bits per heavy atom. The zero-order valence-corrected chi connectivity index (χ0v) is 11.1. The zero-order chi connectivity index (χ0) is 14.0. The van der Waals surface area contributed by atoms with Crippen LogP contribution in [0.4, 0.5) is 4.79 Å². The minimum atomic E-state index is -1.06. The van der Waals surface area contributed by atoms with Crippen LogP contribution < -0.4 is 16.4 Å². The molecule has 0 fully saturated rings. The lowest BCUT2D eigenvalue weighted by Crippen LogP contribution is -2.46. The van der Waals surface area contributed by atoms with Crippen molar-refractivity contribution < 1.29 is 19.5 Å². The molecule has 1 atom stereocenters. The molecule has 104 valence electrons. The van der Waals surface area contributed by atoms with E-state index in [2.05, 4.69) is 10.6 Å². The van der Waals surface area contributed by atoms with E-state index in [1.165, 1.54) is 11.8 Å². The molecule has 0 radical (unpaired) electrons. The molecular formula is C10H19N3O4S. The van der Waals surface area contributed by atoms with Crippen LogP contribution in [0.2, 0.25) is 0 Å². The Bertz CT molecular complexity index is 299. The van der Waals surface area contributed by atoms with Gasteiger partial charge in [0.2, 0.25) is 5.91 Å². The highest BCUT2D eigenvalue weighted by atomic mass is 32.2. The number of hydrogen-bond acceptors (Lipinski definition) is 4. The molecule has 8 heteroatoms. The number of primary amides is 1. The molecule has 0 saturated carbocycles. The van der Waals surface area contributed by atoms with Crippen molar-refractivity contribution in [2.75, 3.05) is 18.6 Å². The van der Waals surface area contributed by atoms with E-state index in [1.54, 1.807) is 0 Å². The average Bonchev–Trinajstić information content (AvgIpc) is 2.29. The Hall–Kier alpha value is -1.44. The number of carboxylic acids is 1. The van der Waals surface area contributed by atoms with Gasteiger partial charge in [0, 0.05) is 13.0 Å². The standard InChI is InChI=1S/C10H19N3O4S/c1-18-6-4-7(9(15)16)13-10(17)12-5-2-3-8(11)14/h7H,2-6H2,1H3,(H2,11,14)(H,15,16)(H2,12,13,17)/t7-/m0/s1. The molecule has 0 aromatic heterocycles. The zero-order valence-electron chi connectivity index (χ0n) is 10.3. The number of hydrogen-bond donors (Lipinski definition) is 4. The number of nitrogens with two attached hydrogens (primary N) is 1. The number of rotatable bonds is 9. The summed E-state index contributed by atoms with van der Waals surface area (Å²) in [7, 11) is 0. The average molecular weight is 277 g/mol. The van der Waals surface area contributed by atoms with E-state index in [1.807, 2.05) is 6.26 Å². The second kappa shape index (κ2) is 9.58. The molecule has 0 aliphatic carbocycles. The summed E-state index contributed by atoms with van der Waals surface area (Å²) in [6, 6.07) is -1.44. The Kier molecular flexibility index (Phi) is 8.81. The number of nitrogens with one attached hydrogen (secondary N) is 2. The monoisotopic (exact) mass is 277 g/mol. The van der Waals surface area contributed by atoms with E-state index in [-0.39, 0.29) is 13.0 Å². The van der Waals surface area contributed by atoms with Gasteiger partial charge in [0.1, 0.15) is 6.04 Å². The maximum Gasteiger partial charge on any atom is 0.326 e. The van der Waals surface area contributed by atoms with Gasteiger partial charge in [0.15, 0.2) is 0 Å². The van der Waals surface area contributed by atoms with Gasteiger partial charge >= 0.3 is 12.0 Å². The number of thioether (sulfide) groups is 1. The van der Waals surface area contributed by atoms with Crippen LogP contribution >= 0.6 is 11.8 Å². The number of carbonyl (C=O) groups excluding carboxylic acids is 2. The number of aliphatic carboxylic acids is 1. The fourth-order valence-electron chi connectivity index (χ4n) is 1.17. The molecule has 0 saturated heterocycles. The van der Waals surface area contributed by atoms with Gasteiger partial charge in [-0.15, -0.1) is 0 Å². The summed E-state index contributed by atoms with van der Waals surface area (Å²) < 4.78 is 0. The Morgan fingerprint density at radius 1 is 1.39 bits per heavy atom. The Balaban J connectivity index is 3.87. The van der Waals surface area contributed by atoms with Crippen LogP contribution in [-0.2, 0) is 9.59 Å². The van der Waals surface area contributed by atoms with Crippen LogP contribution in [0.25, 0.3) is 0 Å². The molecule has 0 bridgehead atoms. The van der Waals surface area contributed by atoms with Crippen molar-refractivity contribution in [3.05, 3.63) is 0 Å². The van der Waals surface area contributed by atoms with Gasteiger partial charge < -0.3 is 21.5 Å². The summed E-state index contributed by atoms with van der Waals surface area (Å²) >= 11 is 1.51. The van der Waals surface area contributed by atoms with Gasteiger partial charge in [-0.1, -0.05) is 0 Å². The number of carboxylic acid groups (broad SMARTS) is 1. The smallest absolute Gasteiger partial charge is 0.326 e. The van der Waals surface area contributed by atoms with Crippen LogP contribution in [0.1, 0.15) is 19.3 Å². The fourth-order valence-corrected chi connectivity index (χ4v) is 1.64. The summed E-state index contributed by atoms with van der Waals surface area (Å²) in [6.07, 6.45) is 2.86. The molecular weight excluding hydrogens is 258 g/mol. The van der Waals surface area contributed by atoms with Gasteiger partial charge in [0.25, 0.3) is 0 Å². The van der Waals surface area contributed by atoms with Crippen LogP contribution in [0.15, 0.2) is 0 Å². The SMILES string of the molecule is CSCC[C@H](NC(=O)NCCCC(N)=O)C(=O)O. The largest absolute Gasteiger partial charge is 0.480 e. The fraction of sp³-hybridized carbons (Fsp3) is 0.700. The highest BCUT2D eigenvalue weighted by Gasteiger charge is 2.18. The first-order chi connectivity index (χ1) is 8.47. The summed E-state index contributed by atoms with van der Waals surface area (Å²) in [4.78, 5) is 32.6. The minimum absolute atomic E-state index is 0.190. The quantitative estimate of drug-likeness (QED) is 0.433. The highest BCUT2D eigenvalue weighted by Crippen LogP contribution is 2.00. The molecule has 3 amide bonds. The number of amides is 3. The van der Waals surface area contributed by atoms with E-state index < -0.39 is 23.9 Å². The second-order valence-electron chi connectivity index (χ2n) is 3.64. The first-order valence-corrected chi connectivity index (χ1v) is 6.91. The third kappa shape index (κ3) is 8.68. The maximum absolute atomic E-state index is 11.4. The normalized spacial score (nSPS) is 11.6. The molecule has 7 nitrogen and oxygen atoms in total. The van der Waals surface area contributed by atoms with Crippen molar-refractivity contribution in [1.29, 1.82) is 0 Å². The van der Waals surface area contributed by atoms with Gasteiger partial charge in [-0.2, -0.15) is 11.8 Å². The minimum Gasteiger partial charge on any atom is -0.480 e. The topological polar surface area (TPSA) is 122 Å². The molecule has 18 heavy (non-hydrogen) atoms. The lowest BCUT2D eigenvalue weighted by atomic mass is 10.2. The second-order valence-corrected chi connectivity index (χ2v) is 4.63. The number of urea groups is 1. The Morgan fingerprint density at radius 3 is 2.56 bits per heavy atom. The third-order valence-electron chi connectivity index (χ3n) is 2.10. The molecule has 0 spiro atoms. The Labute approximate surface area is 110 Å². The molecule has 0 heterocycles. The molecule has 0 aliphatic rings. The van der Waals surface area contributed by atoms with Crippen LogP contribution in [0.3, 0.4) is 0 Å². The van der Waals surface area contributed by atoms with Crippen LogP contribution in [-0.4, -0.2) is 47.6 Å². The van der Waals surface area contributed by atoms with Crippen LogP contribution in [0.5, 0.6) is 0 Å². The molecule has 0 aromatic rings. The summed E-state index contributed by atoms with van der Waals surface area (Å²) in [5.41, 5.74) is 4.94. The molecule has 0 rings (SSSR count). The lowest BCUT2D eigenvalue weighted by Gasteiger charge is -2.14. The van der Waals surface area contributed by atoms with Gasteiger partial charge in [-0.25, -0.2) is 9.59 Å². The van der Waals surface area contributed by atoms with Crippen molar-refractivity contribution in [2.45, 2.75) is 25.3 Å². The van der Waals surface area contributed by atoms with Gasteiger partial charge in [-0.3, -0.25) is 4.79 Å². The van der Waals surface area contributed by atoms with Crippen molar-refractivity contribution in [3.63, 3.8) is 0 Å². The molecule has 0 unspecified atom stereocenters. The van der Waals surface area contributed by atoms with E-state index in [9.17, 15) is 14.4 Å². The lowest BCUT2D eigenvalue weighted by molar-refractivity contribution is -0.139. The van der Waals surface area contributed by atoms with E-state index in [0.717, 1.165) is 0 Å². The molecule has 0 aromatic carbocycles. The van der Waals surface area contributed by atoms with E-state index in [0.29, 0.717) is 18.6 Å². The van der Waals surface area contributed by atoms with Crippen molar-refractivity contribution >= 4 is 29.7 Å². The van der Waals surface area contributed by atoms with Gasteiger partial charge in [0.05, 0.1) is 0 Å². The summed E-state index contributed by atoms with van der Waals surface area (Å²) in [5, 5.41) is 13.7. The van der Waals surface area contributed by atoms with E-state index >= 15 is 0 Å². The summed E-state index contributed by atoms with van der Waals surface area (Å²) in [5.74, 6) is -0.837. The number of carbonyl (C=O) groups is 3. The molecule has 0 aliphatic heterocycles. The molecule has 5 N–H and O–H groups in total. The summed E-state index contributed by atoms with van der Waals surface area (Å²) in [6.45, 7) is 0.281. The predicted molar refractivity (Wildman–Crippen MR) is 69.4 cm³/mol. The van der Waals surface area contributed by atoms with E-state index in [4.69, 9.17) is 10.8 Å². The third-order valence-corrected chi connectivity index (χ3v) is 2.74. The maximum atomic E-state index is 11.4. The van der Waals surface area contributed by atoms with Gasteiger partial charge in [-0.05, 0) is 24.9 Å². The first kappa shape index (κ1) is 16.6. The van der Waals surface area contributed by atoms with Crippen molar-refractivity contribution in [1.82, 2.24) is 10.6 Å². The highest BCUT2D eigenvalue weighted by molar-refractivity contribution is 7.98. The predicted octanol–water partition coefficient (Wildman–Crippen LogP) is -0.243.